The molecule has 0 aliphatic carbocycles. The fraction of sp³-hybridized carbons (Fsp3) is 0.143. The summed E-state index contributed by atoms with van der Waals surface area (Å²) in [6.07, 6.45) is 1.32. The van der Waals surface area contributed by atoms with Crippen molar-refractivity contribution >= 4 is 29.0 Å². The highest BCUT2D eigenvalue weighted by Gasteiger charge is 2.16. The van der Waals surface area contributed by atoms with Gasteiger partial charge in [0, 0.05) is 18.4 Å². The summed E-state index contributed by atoms with van der Waals surface area (Å²) in [5, 5.41) is 5.05. The van der Waals surface area contributed by atoms with Gasteiger partial charge in [0.1, 0.15) is 5.82 Å². The quantitative estimate of drug-likeness (QED) is 0.905. The van der Waals surface area contributed by atoms with Gasteiger partial charge in [0.15, 0.2) is 11.6 Å². The molecule has 4 nitrogen and oxygen atoms in total. The minimum absolute atomic E-state index is 0.00700. The number of carbonyl (C=O) groups is 1. The van der Waals surface area contributed by atoms with E-state index in [0.29, 0.717) is 6.54 Å². The average molecular weight is 312 g/mol. The molecule has 1 amide bonds. The van der Waals surface area contributed by atoms with Crippen LogP contribution in [0.4, 0.5) is 20.3 Å². The van der Waals surface area contributed by atoms with Crippen LogP contribution < -0.4 is 10.6 Å². The molecular formula is C14H12ClF2N3O. The Balaban J connectivity index is 2.24. The Morgan fingerprint density at radius 3 is 2.76 bits per heavy atom. The third kappa shape index (κ3) is 3.46. The third-order valence-electron chi connectivity index (χ3n) is 2.66. The first-order valence-corrected chi connectivity index (χ1v) is 6.55. The molecule has 1 heterocycles. The van der Waals surface area contributed by atoms with E-state index in [-0.39, 0.29) is 22.1 Å². The van der Waals surface area contributed by atoms with Crippen LogP contribution in [0.2, 0.25) is 5.02 Å². The summed E-state index contributed by atoms with van der Waals surface area (Å²) in [5.41, 5.74) is -0.000536. The van der Waals surface area contributed by atoms with Gasteiger partial charge in [-0.3, -0.25) is 4.79 Å². The number of amides is 1. The average Bonchev–Trinajstić information content (AvgIpc) is 2.45. The highest BCUT2D eigenvalue weighted by Crippen LogP contribution is 2.20. The third-order valence-corrected chi connectivity index (χ3v) is 2.96. The van der Waals surface area contributed by atoms with Crippen LogP contribution in [0.25, 0.3) is 0 Å². The van der Waals surface area contributed by atoms with Crippen LogP contribution in [0, 0.1) is 11.6 Å². The van der Waals surface area contributed by atoms with E-state index < -0.39 is 17.5 Å². The number of benzene rings is 1. The van der Waals surface area contributed by atoms with Crippen molar-refractivity contribution in [2.24, 2.45) is 0 Å². The SMILES string of the molecule is CCNc1nccc(C(=O)Nc2ccc(Cl)c(F)c2)c1F. The molecular weight excluding hydrogens is 300 g/mol. The van der Waals surface area contributed by atoms with Crippen molar-refractivity contribution in [1.29, 1.82) is 0 Å². The summed E-state index contributed by atoms with van der Waals surface area (Å²) in [7, 11) is 0. The zero-order valence-electron chi connectivity index (χ0n) is 11.1. The molecule has 0 aliphatic heterocycles. The highest BCUT2D eigenvalue weighted by atomic mass is 35.5. The van der Waals surface area contributed by atoms with Crippen molar-refractivity contribution in [2.45, 2.75) is 6.92 Å². The van der Waals surface area contributed by atoms with Gasteiger partial charge in [-0.25, -0.2) is 13.8 Å². The molecule has 0 aliphatic rings. The maximum absolute atomic E-state index is 14.1. The van der Waals surface area contributed by atoms with Crippen molar-refractivity contribution in [3.63, 3.8) is 0 Å². The number of nitrogens with zero attached hydrogens (tertiary/aromatic N) is 1. The van der Waals surface area contributed by atoms with Gasteiger partial charge < -0.3 is 10.6 Å². The van der Waals surface area contributed by atoms with Crippen molar-refractivity contribution in [3.8, 4) is 0 Å². The van der Waals surface area contributed by atoms with Crippen molar-refractivity contribution in [3.05, 3.63) is 52.7 Å². The first-order chi connectivity index (χ1) is 10.0. The molecule has 2 N–H and O–H groups in total. The lowest BCUT2D eigenvalue weighted by atomic mass is 10.2. The first-order valence-electron chi connectivity index (χ1n) is 6.17. The predicted molar refractivity (Wildman–Crippen MR) is 77.7 cm³/mol. The first kappa shape index (κ1) is 15.2. The normalized spacial score (nSPS) is 10.3. The number of hydrogen-bond donors (Lipinski definition) is 2. The monoisotopic (exact) mass is 311 g/mol. The van der Waals surface area contributed by atoms with Gasteiger partial charge in [-0.15, -0.1) is 0 Å². The molecule has 7 heteroatoms. The van der Waals surface area contributed by atoms with Gasteiger partial charge in [0.2, 0.25) is 0 Å². The van der Waals surface area contributed by atoms with Gasteiger partial charge in [-0.05, 0) is 31.2 Å². The van der Waals surface area contributed by atoms with Gasteiger partial charge in [0.25, 0.3) is 5.91 Å². The van der Waals surface area contributed by atoms with E-state index in [4.69, 9.17) is 11.6 Å². The van der Waals surface area contributed by atoms with Gasteiger partial charge >= 0.3 is 0 Å². The fourth-order valence-electron chi connectivity index (χ4n) is 1.68. The van der Waals surface area contributed by atoms with E-state index in [1.165, 1.54) is 24.4 Å². The number of anilines is 2. The zero-order chi connectivity index (χ0) is 15.4. The van der Waals surface area contributed by atoms with E-state index in [1.54, 1.807) is 6.92 Å². The van der Waals surface area contributed by atoms with Crippen molar-refractivity contribution in [2.75, 3.05) is 17.2 Å². The Labute approximate surface area is 125 Å². The number of nitrogens with one attached hydrogen (secondary N) is 2. The summed E-state index contributed by atoms with van der Waals surface area (Å²) in [4.78, 5) is 15.8. The van der Waals surface area contributed by atoms with Crippen LogP contribution >= 0.6 is 11.6 Å². The Kier molecular flexibility index (Phi) is 4.70. The summed E-state index contributed by atoms with van der Waals surface area (Å²) in [5.74, 6) is -2.13. The molecule has 2 rings (SSSR count). The molecule has 0 saturated carbocycles. The summed E-state index contributed by atoms with van der Waals surface area (Å²) < 4.78 is 27.4. The predicted octanol–water partition coefficient (Wildman–Crippen LogP) is 3.70. The minimum Gasteiger partial charge on any atom is -0.368 e. The van der Waals surface area contributed by atoms with E-state index in [1.807, 2.05) is 0 Å². The van der Waals surface area contributed by atoms with E-state index in [2.05, 4.69) is 15.6 Å². The largest absolute Gasteiger partial charge is 0.368 e. The number of hydrogen-bond acceptors (Lipinski definition) is 3. The van der Waals surface area contributed by atoms with Crippen LogP contribution in [-0.2, 0) is 0 Å². The number of halogens is 3. The molecule has 0 saturated heterocycles. The minimum atomic E-state index is -0.758. The zero-order valence-corrected chi connectivity index (χ0v) is 11.8. The Hall–Kier alpha value is -2.21. The lowest BCUT2D eigenvalue weighted by molar-refractivity contribution is 0.102. The van der Waals surface area contributed by atoms with Gasteiger partial charge in [0.05, 0.1) is 10.6 Å². The molecule has 0 unspecified atom stereocenters. The highest BCUT2D eigenvalue weighted by molar-refractivity contribution is 6.30. The molecule has 0 spiro atoms. The second-order valence-electron chi connectivity index (χ2n) is 4.13. The van der Waals surface area contributed by atoms with Crippen LogP contribution in [-0.4, -0.2) is 17.4 Å². The summed E-state index contributed by atoms with van der Waals surface area (Å²) in [6.45, 7) is 2.25. The number of pyridine rings is 1. The lowest BCUT2D eigenvalue weighted by Gasteiger charge is -2.09. The molecule has 21 heavy (non-hydrogen) atoms. The van der Waals surface area contributed by atoms with Gasteiger partial charge in [-0.1, -0.05) is 11.6 Å². The lowest BCUT2D eigenvalue weighted by Crippen LogP contribution is -2.15. The molecule has 110 valence electrons. The number of carbonyl (C=O) groups excluding carboxylic acids is 1. The van der Waals surface area contributed by atoms with Crippen LogP contribution in [0.3, 0.4) is 0 Å². The van der Waals surface area contributed by atoms with Crippen molar-refractivity contribution < 1.29 is 13.6 Å². The smallest absolute Gasteiger partial charge is 0.258 e. The van der Waals surface area contributed by atoms with E-state index >= 15 is 0 Å². The number of rotatable bonds is 4. The second kappa shape index (κ2) is 6.49. The molecule has 0 radical (unpaired) electrons. The van der Waals surface area contributed by atoms with Crippen LogP contribution in [0.5, 0.6) is 0 Å². The van der Waals surface area contributed by atoms with E-state index in [9.17, 15) is 13.6 Å². The number of aromatic nitrogens is 1. The van der Waals surface area contributed by atoms with E-state index in [0.717, 1.165) is 6.07 Å². The summed E-state index contributed by atoms with van der Waals surface area (Å²) in [6, 6.07) is 5.04. The fourth-order valence-corrected chi connectivity index (χ4v) is 1.80. The molecule has 1 aromatic carbocycles. The maximum atomic E-state index is 14.1. The Morgan fingerprint density at radius 2 is 2.10 bits per heavy atom. The van der Waals surface area contributed by atoms with Gasteiger partial charge in [-0.2, -0.15) is 0 Å². The van der Waals surface area contributed by atoms with Crippen LogP contribution in [0.15, 0.2) is 30.5 Å². The molecule has 0 fully saturated rings. The second-order valence-corrected chi connectivity index (χ2v) is 4.54. The topological polar surface area (TPSA) is 54.0 Å². The standard InChI is InChI=1S/C14H12ClF2N3O/c1-2-18-13-12(17)9(5-6-19-13)14(21)20-8-3-4-10(15)11(16)7-8/h3-7H,2H2,1H3,(H,18,19)(H,20,21). The molecule has 0 bridgehead atoms. The van der Waals surface area contributed by atoms with Crippen molar-refractivity contribution in [1.82, 2.24) is 4.98 Å². The summed E-state index contributed by atoms with van der Waals surface area (Å²) >= 11 is 5.55. The Morgan fingerprint density at radius 1 is 1.33 bits per heavy atom. The maximum Gasteiger partial charge on any atom is 0.258 e. The molecule has 1 aromatic heterocycles. The van der Waals surface area contributed by atoms with Crippen LogP contribution in [0.1, 0.15) is 17.3 Å². The Bertz CT molecular complexity index is 679. The molecule has 0 atom stereocenters. The molecule has 2 aromatic rings.